The largest absolute Gasteiger partial charge is 0.507 e. The van der Waals surface area contributed by atoms with Gasteiger partial charge in [0.2, 0.25) is 5.91 Å². The molecule has 1 unspecified atom stereocenters. The van der Waals surface area contributed by atoms with Crippen molar-refractivity contribution in [1.29, 1.82) is 0 Å². The van der Waals surface area contributed by atoms with E-state index in [4.69, 9.17) is 0 Å². The van der Waals surface area contributed by atoms with E-state index in [0.29, 0.717) is 22.1 Å². The molecular weight excluding hydrogens is 406 g/mol. The van der Waals surface area contributed by atoms with Crippen LogP contribution < -0.4 is 5.32 Å². The first kappa shape index (κ1) is 19.0. The van der Waals surface area contributed by atoms with E-state index in [1.165, 1.54) is 6.07 Å². The van der Waals surface area contributed by atoms with E-state index in [9.17, 15) is 15.0 Å². The number of hydrogen-bond acceptors (Lipinski definition) is 3. The highest BCUT2D eigenvalue weighted by atomic mass is 79.9. The molecular formula is C22H20BrNO3. The molecule has 0 saturated heterocycles. The van der Waals surface area contributed by atoms with E-state index >= 15 is 0 Å². The maximum Gasteiger partial charge on any atom is 0.227 e. The summed E-state index contributed by atoms with van der Waals surface area (Å²) in [6, 6.07) is 20.2. The molecule has 1 amide bonds. The van der Waals surface area contributed by atoms with Gasteiger partial charge in [-0.3, -0.25) is 4.79 Å². The monoisotopic (exact) mass is 425 g/mol. The molecule has 0 bridgehead atoms. The van der Waals surface area contributed by atoms with Crippen LogP contribution in [0.25, 0.3) is 11.1 Å². The van der Waals surface area contributed by atoms with Gasteiger partial charge in [-0.05, 0) is 39.5 Å². The summed E-state index contributed by atoms with van der Waals surface area (Å²) in [7, 11) is 0. The standard InChI is InChI=1S/C22H20BrNO3/c1-14(22(27)24-13-15-8-4-2-5-9-15)19-20(16-10-6-3-7-11-16)17(25)12-18(26)21(19)23/h2-12,14,25-26H,13H2,1H3,(H,24,27). The molecule has 0 saturated carbocycles. The van der Waals surface area contributed by atoms with Crippen molar-refractivity contribution in [1.82, 2.24) is 5.32 Å². The zero-order chi connectivity index (χ0) is 19.4. The van der Waals surface area contributed by atoms with Gasteiger partial charge in [-0.15, -0.1) is 0 Å². The molecule has 5 heteroatoms. The summed E-state index contributed by atoms with van der Waals surface area (Å²) in [5.41, 5.74) is 2.85. The van der Waals surface area contributed by atoms with Gasteiger partial charge in [0.1, 0.15) is 11.5 Å². The number of phenolic OH excluding ortho intramolecular Hbond substituents is 2. The van der Waals surface area contributed by atoms with Gasteiger partial charge in [0.25, 0.3) is 0 Å². The summed E-state index contributed by atoms with van der Waals surface area (Å²) in [6.07, 6.45) is 0. The van der Waals surface area contributed by atoms with E-state index in [0.717, 1.165) is 11.1 Å². The van der Waals surface area contributed by atoms with Crippen molar-refractivity contribution in [2.75, 3.05) is 0 Å². The quantitative estimate of drug-likeness (QED) is 0.541. The van der Waals surface area contributed by atoms with Crippen LogP contribution >= 0.6 is 15.9 Å². The van der Waals surface area contributed by atoms with Crippen LogP contribution in [0.2, 0.25) is 0 Å². The Balaban J connectivity index is 1.96. The van der Waals surface area contributed by atoms with Gasteiger partial charge < -0.3 is 15.5 Å². The van der Waals surface area contributed by atoms with Crippen molar-refractivity contribution in [3.63, 3.8) is 0 Å². The Morgan fingerprint density at radius 1 is 1.00 bits per heavy atom. The lowest BCUT2D eigenvalue weighted by atomic mass is 9.90. The third-order valence-corrected chi connectivity index (χ3v) is 5.29. The predicted molar refractivity (Wildman–Crippen MR) is 110 cm³/mol. The van der Waals surface area contributed by atoms with E-state index in [1.807, 2.05) is 60.7 Å². The molecule has 0 fully saturated rings. The Morgan fingerprint density at radius 2 is 1.59 bits per heavy atom. The topological polar surface area (TPSA) is 69.6 Å². The average Bonchev–Trinajstić information content (AvgIpc) is 2.69. The molecule has 0 heterocycles. The molecule has 4 nitrogen and oxygen atoms in total. The van der Waals surface area contributed by atoms with E-state index in [1.54, 1.807) is 6.92 Å². The zero-order valence-corrected chi connectivity index (χ0v) is 16.4. The third-order valence-electron chi connectivity index (χ3n) is 4.46. The maximum atomic E-state index is 12.8. The summed E-state index contributed by atoms with van der Waals surface area (Å²) in [5.74, 6) is -0.956. The number of aromatic hydroxyl groups is 2. The van der Waals surface area contributed by atoms with Crippen molar-refractivity contribution >= 4 is 21.8 Å². The van der Waals surface area contributed by atoms with Crippen LogP contribution in [0.3, 0.4) is 0 Å². The van der Waals surface area contributed by atoms with Crippen molar-refractivity contribution < 1.29 is 15.0 Å². The first-order chi connectivity index (χ1) is 13.0. The molecule has 138 valence electrons. The highest BCUT2D eigenvalue weighted by molar-refractivity contribution is 9.10. The predicted octanol–water partition coefficient (Wildman–Crippen LogP) is 4.95. The molecule has 3 rings (SSSR count). The summed E-state index contributed by atoms with van der Waals surface area (Å²) in [6.45, 7) is 2.17. The number of benzene rings is 3. The summed E-state index contributed by atoms with van der Waals surface area (Å²) in [4.78, 5) is 12.8. The molecule has 3 aromatic carbocycles. The van der Waals surface area contributed by atoms with Crippen LogP contribution in [0.1, 0.15) is 24.0 Å². The first-order valence-corrected chi connectivity index (χ1v) is 9.39. The molecule has 0 aromatic heterocycles. The number of hydrogen-bond donors (Lipinski definition) is 3. The first-order valence-electron chi connectivity index (χ1n) is 8.60. The smallest absolute Gasteiger partial charge is 0.227 e. The van der Waals surface area contributed by atoms with Gasteiger partial charge >= 0.3 is 0 Å². The lowest BCUT2D eigenvalue weighted by Crippen LogP contribution is -2.28. The van der Waals surface area contributed by atoms with E-state index < -0.39 is 5.92 Å². The summed E-state index contributed by atoms with van der Waals surface area (Å²) in [5, 5.41) is 23.5. The highest BCUT2D eigenvalue weighted by Crippen LogP contribution is 2.45. The number of carbonyl (C=O) groups is 1. The molecule has 3 aromatic rings. The SMILES string of the molecule is CC(C(=O)NCc1ccccc1)c1c(Br)c(O)cc(O)c1-c1ccccc1. The lowest BCUT2D eigenvalue weighted by Gasteiger charge is -2.20. The molecule has 0 spiro atoms. The van der Waals surface area contributed by atoms with Crippen LogP contribution in [-0.2, 0) is 11.3 Å². The molecule has 3 N–H and O–H groups in total. The number of nitrogens with one attached hydrogen (secondary N) is 1. The van der Waals surface area contributed by atoms with Gasteiger partial charge in [-0.2, -0.15) is 0 Å². The second-order valence-corrected chi connectivity index (χ2v) is 7.10. The molecule has 1 atom stereocenters. The van der Waals surface area contributed by atoms with Crippen LogP contribution in [0.4, 0.5) is 0 Å². The Morgan fingerprint density at radius 3 is 2.22 bits per heavy atom. The fraction of sp³-hybridized carbons (Fsp3) is 0.136. The van der Waals surface area contributed by atoms with Gasteiger partial charge in [0.05, 0.1) is 10.4 Å². The minimum atomic E-state index is -0.587. The lowest BCUT2D eigenvalue weighted by molar-refractivity contribution is -0.122. The number of carbonyl (C=O) groups excluding carboxylic acids is 1. The molecule has 27 heavy (non-hydrogen) atoms. The number of phenols is 2. The summed E-state index contributed by atoms with van der Waals surface area (Å²) >= 11 is 3.39. The Bertz CT molecular complexity index is 943. The van der Waals surface area contributed by atoms with Crippen LogP contribution in [0, 0.1) is 0 Å². The van der Waals surface area contributed by atoms with Crippen LogP contribution in [0.5, 0.6) is 11.5 Å². The number of halogens is 1. The van der Waals surface area contributed by atoms with Gasteiger partial charge in [-0.25, -0.2) is 0 Å². The minimum Gasteiger partial charge on any atom is -0.507 e. The Labute approximate surface area is 166 Å². The van der Waals surface area contributed by atoms with Crippen LogP contribution in [-0.4, -0.2) is 16.1 Å². The van der Waals surface area contributed by atoms with Crippen LogP contribution in [0.15, 0.2) is 71.2 Å². The fourth-order valence-electron chi connectivity index (χ4n) is 3.03. The second-order valence-electron chi connectivity index (χ2n) is 6.31. The minimum absolute atomic E-state index is 0.0698. The van der Waals surface area contributed by atoms with Crippen molar-refractivity contribution in [3.05, 3.63) is 82.3 Å². The Hall–Kier alpha value is -2.79. The van der Waals surface area contributed by atoms with Gasteiger partial charge in [-0.1, -0.05) is 60.7 Å². The number of amides is 1. The summed E-state index contributed by atoms with van der Waals surface area (Å²) < 4.78 is 0.404. The zero-order valence-electron chi connectivity index (χ0n) is 14.8. The molecule has 0 aliphatic rings. The average molecular weight is 426 g/mol. The normalized spacial score (nSPS) is 11.8. The van der Waals surface area contributed by atoms with Crippen molar-refractivity contribution in [3.8, 4) is 22.6 Å². The van der Waals surface area contributed by atoms with E-state index in [-0.39, 0.29) is 17.4 Å². The Kier molecular flexibility index (Phi) is 5.81. The number of rotatable bonds is 5. The second kappa shape index (κ2) is 8.27. The third kappa shape index (κ3) is 4.14. The van der Waals surface area contributed by atoms with Gasteiger partial charge in [0.15, 0.2) is 0 Å². The van der Waals surface area contributed by atoms with E-state index in [2.05, 4.69) is 21.2 Å². The molecule has 0 radical (unpaired) electrons. The highest BCUT2D eigenvalue weighted by Gasteiger charge is 2.26. The van der Waals surface area contributed by atoms with Gasteiger partial charge in [0, 0.05) is 18.2 Å². The maximum absolute atomic E-state index is 12.8. The fourth-order valence-corrected chi connectivity index (χ4v) is 3.69. The molecule has 0 aliphatic carbocycles. The van der Waals surface area contributed by atoms with Crippen molar-refractivity contribution in [2.45, 2.75) is 19.4 Å². The van der Waals surface area contributed by atoms with Crippen molar-refractivity contribution in [2.24, 2.45) is 0 Å². The molecule has 0 aliphatic heterocycles.